The van der Waals surface area contributed by atoms with Gasteiger partial charge in [-0.3, -0.25) is 0 Å². The van der Waals surface area contributed by atoms with Gasteiger partial charge in [-0.15, -0.1) is 0 Å². The molecule has 2 N–H and O–H groups in total. The minimum absolute atomic E-state index is 0.164. The van der Waals surface area contributed by atoms with E-state index in [4.69, 9.17) is 5.73 Å². The van der Waals surface area contributed by atoms with Crippen LogP contribution >= 0.6 is 0 Å². The lowest BCUT2D eigenvalue weighted by atomic mass is 9.70. The fraction of sp³-hybridized carbons (Fsp3) is 0.586. The Labute approximate surface area is 185 Å². The van der Waals surface area contributed by atoms with Crippen molar-refractivity contribution in [3.8, 4) is 11.1 Å². The Bertz CT molecular complexity index is 760. The summed E-state index contributed by atoms with van der Waals surface area (Å²) >= 11 is 0. The van der Waals surface area contributed by atoms with Gasteiger partial charge in [0.15, 0.2) is 0 Å². The zero-order valence-electron chi connectivity index (χ0n) is 19.5. The predicted octanol–water partition coefficient (Wildman–Crippen LogP) is 9.04. The molecule has 2 aromatic rings. The molecule has 1 nitrogen and oxygen atoms in total. The molecule has 2 aromatic carbocycles. The van der Waals surface area contributed by atoms with E-state index in [9.17, 15) is 0 Å². The third-order valence-electron chi connectivity index (χ3n) is 7.21. The van der Waals surface area contributed by atoms with Gasteiger partial charge in [-0.2, -0.15) is 0 Å². The molecule has 164 valence electrons. The Morgan fingerprint density at radius 1 is 0.600 bits per heavy atom. The minimum atomic E-state index is 0.164. The molecule has 0 heterocycles. The van der Waals surface area contributed by atoms with Crippen LogP contribution in [0.2, 0.25) is 0 Å². The highest BCUT2D eigenvalue weighted by atomic mass is 14.6. The van der Waals surface area contributed by atoms with Crippen molar-refractivity contribution in [2.24, 2.45) is 0 Å². The van der Waals surface area contributed by atoms with E-state index in [1.165, 1.54) is 107 Å². The van der Waals surface area contributed by atoms with E-state index >= 15 is 0 Å². The number of nitrogens with two attached hydrogens (primary N) is 1. The van der Waals surface area contributed by atoms with Crippen LogP contribution in [0.5, 0.6) is 0 Å². The van der Waals surface area contributed by atoms with Crippen molar-refractivity contribution in [1.82, 2.24) is 0 Å². The number of fused-ring (bicyclic) bond motifs is 3. The van der Waals surface area contributed by atoms with Crippen LogP contribution in [-0.4, -0.2) is 0 Å². The molecule has 0 fully saturated rings. The van der Waals surface area contributed by atoms with E-state index in [2.05, 4.69) is 56.3 Å². The molecule has 1 heteroatoms. The highest BCUT2D eigenvalue weighted by Gasteiger charge is 2.41. The first-order chi connectivity index (χ1) is 14.7. The second-order valence-corrected chi connectivity index (χ2v) is 9.47. The van der Waals surface area contributed by atoms with Gasteiger partial charge in [0.1, 0.15) is 0 Å². The average molecular weight is 406 g/mol. The third kappa shape index (κ3) is 5.29. The number of unbranched alkanes of at least 4 members (excludes halogenated alkanes) is 10. The van der Waals surface area contributed by atoms with Crippen LogP contribution in [0.25, 0.3) is 11.1 Å². The van der Waals surface area contributed by atoms with Crippen molar-refractivity contribution >= 4 is 5.69 Å². The summed E-state index contributed by atoms with van der Waals surface area (Å²) in [5.41, 5.74) is 13.3. The van der Waals surface area contributed by atoms with E-state index in [0.29, 0.717) is 0 Å². The molecule has 0 saturated carbocycles. The van der Waals surface area contributed by atoms with Crippen LogP contribution in [0.3, 0.4) is 0 Å². The van der Waals surface area contributed by atoms with Gasteiger partial charge < -0.3 is 5.73 Å². The van der Waals surface area contributed by atoms with Crippen molar-refractivity contribution < 1.29 is 0 Å². The Morgan fingerprint density at radius 2 is 1.13 bits per heavy atom. The molecule has 30 heavy (non-hydrogen) atoms. The predicted molar refractivity (Wildman–Crippen MR) is 133 cm³/mol. The summed E-state index contributed by atoms with van der Waals surface area (Å²) in [7, 11) is 0. The SMILES string of the molecule is CCCCCCCCC1(CCCCCCCC)c2ccccc2-c2ccc(N)cc21. The highest BCUT2D eigenvalue weighted by molar-refractivity contribution is 5.82. The van der Waals surface area contributed by atoms with Gasteiger partial charge in [0.25, 0.3) is 0 Å². The van der Waals surface area contributed by atoms with Gasteiger partial charge >= 0.3 is 0 Å². The van der Waals surface area contributed by atoms with E-state index in [0.717, 1.165) is 5.69 Å². The van der Waals surface area contributed by atoms with Gasteiger partial charge in [0.2, 0.25) is 0 Å². The minimum Gasteiger partial charge on any atom is -0.399 e. The molecule has 0 spiro atoms. The van der Waals surface area contributed by atoms with E-state index in [1.807, 2.05) is 0 Å². The van der Waals surface area contributed by atoms with Gasteiger partial charge in [-0.25, -0.2) is 0 Å². The number of anilines is 1. The molecule has 1 aliphatic rings. The molecule has 0 bridgehead atoms. The fourth-order valence-corrected chi connectivity index (χ4v) is 5.55. The number of hydrogen-bond donors (Lipinski definition) is 1. The number of benzene rings is 2. The summed E-state index contributed by atoms with van der Waals surface area (Å²) in [4.78, 5) is 0. The zero-order chi connectivity index (χ0) is 21.2. The normalized spacial score (nSPS) is 13.9. The first kappa shape index (κ1) is 22.9. The summed E-state index contributed by atoms with van der Waals surface area (Å²) in [6.45, 7) is 4.60. The van der Waals surface area contributed by atoms with Crippen LogP contribution in [0, 0.1) is 0 Å². The van der Waals surface area contributed by atoms with E-state index in [-0.39, 0.29) is 5.41 Å². The molecule has 0 aromatic heterocycles. The smallest absolute Gasteiger partial charge is 0.0317 e. The third-order valence-corrected chi connectivity index (χ3v) is 7.21. The first-order valence-corrected chi connectivity index (χ1v) is 12.7. The molecular formula is C29H43N. The van der Waals surface area contributed by atoms with Crippen molar-refractivity contribution in [2.45, 2.75) is 109 Å². The molecule has 1 aliphatic carbocycles. The van der Waals surface area contributed by atoms with Gasteiger partial charge in [-0.05, 0) is 47.2 Å². The lowest BCUT2D eigenvalue weighted by molar-refractivity contribution is 0.398. The number of hydrogen-bond acceptors (Lipinski definition) is 1. The van der Waals surface area contributed by atoms with E-state index < -0.39 is 0 Å². The molecule has 0 atom stereocenters. The second kappa shape index (κ2) is 11.6. The summed E-state index contributed by atoms with van der Waals surface area (Å²) < 4.78 is 0. The lowest BCUT2D eigenvalue weighted by Crippen LogP contribution is -2.25. The van der Waals surface area contributed by atoms with Crippen LogP contribution in [0.15, 0.2) is 42.5 Å². The lowest BCUT2D eigenvalue weighted by Gasteiger charge is -2.33. The number of rotatable bonds is 14. The maximum absolute atomic E-state index is 6.31. The molecule has 0 unspecified atom stereocenters. The maximum Gasteiger partial charge on any atom is 0.0317 e. The summed E-state index contributed by atoms with van der Waals surface area (Å²) in [5, 5.41) is 0. The fourth-order valence-electron chi connectivity index (χ4n) is 5.55. The maximum atomic E-state index is 6.31. The van der Waals surface area contributed by atoms with Crippen molar-refractivity contribution in [3.05, 3.63) is 53.6 Å². The summed E-state index contributed by atoms with van der Waals surface area (Å²) in [6.07, 6.45) is 18.8. The quantitative estimate of drug-likeness (QED) is 0.246. The summed E-state index contributed by atoms with van der Waals surface area (Å²) in [5.74, 6) is 0. The average Bonchev–Trinajstić information content (AvgIpc) is 3.03. The van der Waals surface area contributed by atoms with Gasteiger partial charge in [0, 0.05) is 11.1 Å². The molecule has 0 amide bonds. The largest absolute Gasteiger partial charge is 0.399 e. The molecule has 3 rings (SSSR count). The Kier molecular flexibility index (Phi) is 8.85. The van der Waals surface area contributed by atoms with Crippen molar-refractivity contribution in [2.75, 3.05) is 5.73 Å². The second-order valence-electron chi connectivity index (χ2n) is 9.47. The Morgan fingerprint density at radius 3 is 1.77 bits per heavy atom. The van der Waals surface area contributed by atoms with Crippen LogP contribution in [0.4, 0.5) is 5.69 Å². The van der Waals surface area contributed by atoms with Gasteiger partial charge in [0.05, 0.1) is 0 Å². The highest BCUT2D eigenvalue weighted by Crippen LogP contribution is 2.54. The molecule has 0 saturated heterocycles. The summed E-state index contributed by atoms with van der Waals surface area (Å²) in [6, 6.07) is 15.8. The van der Waals surface area contributed by atoms with Crippen LogP contribution in [0.1, 0.15) is 115 Å². The zero-order valence-corrected chi connectivity index (χ0v) is 19.5. The van der Waals surface area contributed by atoms with E-state index in [1.54, 1.807) is 5.56 Å². The number of nitrogen functional groups attached to an aromatic ring is 1. The Hall–Kier alpha value is -1.76. The van der Waals surface area contributed by atoms with Crippen molar-refractivity contribution in [1.29, 1.82) is 0 Å². The van der Waals surface area contributed by atoms with Crippen LogP contribution < -0.4 is 5.73 Å². The standard InChI is InChI=1S/C29H43N/c1-3-5-7-9-11-15-21-29(22-16-12-10-8-6-4-2)27-18-14-13-17-25(27)26-20-19-24(30)23-28(26)29/h13-14,17-20,23H,3-12,15-16,21-22,30H2,1-2H3. The topological polar surface area (TPSA) is 26.0 Å². The Balaban J connectivity index is 1.80. The molecule has 0 radical (unpaired) electrons. The first-order valence-electron chi connectivity index (χ1n) is 12.7. The van der Waals surface area contributed by atoms with Gasteiger partial charge in [-0.1, -0.05) is 121 Å². The van der Waals surface area contributed by atoms with Crippen molar-refractivity contribution in [3.63, 3.8) is 0 Å². The van der Waals surface area contributed by atoms with Crippen LogP contribution in [-0.2, 0) is 5.41 Å². The molecular weight excluding hydrogens is 362 g/mol. The monoisotopic (exact) mass is 405 g/mol. The molecule has 0 aliphatic heterocycles.